The minimum atomic E-state index is 0.460. The summed E-state index contributed by atoms with van der Waals surface area (Å²) in [5, 5.41) is 3.64. The fourth-order valence-electron chi connectivity index (χ4n) is 1.38. The Bertz CT molecular complexity index is 260. The standard InChI is InChI=1S/C10H19N3O/c1-3-4-5-6-13(2)8-9-7-10(11)12-14-9/h7H,3-6,8H2,1-2H3,(H2,11,12). The van der Waals surface area contributed by atoms with Gasteiger partial charge in [0.1, 0.15) is 0 Å². The van der Waals surface area contributed by atoms with Crippen molar-refractivity contribution in [2.75, 3.05) is 19.3 Å². The van der Waals surface area contributed by atoms with Crippen LogP contribution in [0.4, 0.5) is 5.82 Å². The molecule has 1 rings (SSSR count). The van der Waals surface area contributed by atoms with Crippen molar-refractivity contribution in [3.05, 3.63) is 11.8 Å². The zero-order valence-corrected chi connectivity index (χ0v) is 8.99. The Morgan fingerprint density at radius 1 is 1.50 bits per heavy atom. The number of aromatic nitrogens is 1. The van der Waals surface area contributed by atoms with E-state index in [4.69, 9.17) is 10.3 Å². The maximum Gasteiger partial charge on any atom is 0.167 e. The molecule has 2 N–H and O–H groups in total. The van der Waals surface area contributed by atoms with E-state index in [1.807, 2.05) is 0 Å². The number of rotatable bonds is 6. The van der Waals surface area contributed by atoms with Gasteiger partial charge in [-0.3, -0.25) is 4.90 Å². The van der Waals surface area contributed by atoms with E-state index in [0.717, 1.165) is 18.8 Å². The third-order valence-electron chi connectivity index (χ3n) is 2.15. The minimum Gasteiger partial charge on any atom is -0.381 e. The summed E-state index contributed by atoms with van der Waals surface area (Å²) in [5.74, 6) is 1.29. The molecule has 0 fully saturated rings. The number of hydrogen-bond donors (Lipinski definition) is 1. The van der Waals surface area contributed by atoms with Gasteiger partial charge in [-0.25, -0.2) is 0 Å². The largest absolute Gasteiger partial charge is 0.381 e. The third kappa shape index (κ3) is 3.79. The van der Waals surface area contributed by atoms with Crippen molar-refractivity contribution in [3.63, 3.8) is 0 Å². The van der Waals surface area contributed by atoms with Crippen LogP contribution in [-0.2, 0) is 6.54 Å². The Balaban J connectivity index is 2.23. The molecule has 0 amide bonds. The molecule has 0 unspecified atom stereocenters. The van der Waals surface area contributed by atoms with E-state index in [0.29, 0.717) is 5.82 Å². The summed E-state index contributed by atoms with van der Waals surface area (Å²) in [6.45, 7) is 4.08. The van der Waals surface area contributed by atoms with Gasteiger partial charge in [0.15, 0.2) is 11.6 Å². The van der Waals surface area contributed by atoms with Crippen LogP contribution < -0.4 is 5.73 Å². The predicted octanol–water partition coefficient (Wildman–Crippen LogP) is 1.88. The maximum absolute atomic E-state index is 5.45. The second-order valence-electron chi connectivity index (χ2n) is 3.66. The Kier molecular flexibility index (Phi) is 4.46. The molecule has 80 valence electrons. The van der Waals surface area contributed by atoms with Gasteiger partial charge in [-0.2, -0.15) is 0 Å². The molecule has 4 nitrogen and oxygen atoms in total. The van der Waals surface area contributed by atoms with Crippen LogP contribution in [0, 0.1) is 0 Å². The van der Waals surface area contributed by atoms with E-state index in [-0.39, 0.29) is 0 Å². The van der Waals surface area contributed by atoms with Gasteiger partial charge in [0.2, 0.25) is 0 Å². The fraction of sp³-hybridized carbons (Fsp3) is 0.700. The van der Waals surface area contributed by atoms with Crippen LogP contribution in [0.5, 0.6) is 0 Å². The highest BCUT2D eigenvalue weighted by atomic mass is 16.5. The molecule has 1 heterocycles. The minimum absolute atomic E-state index is 0.460. The van der Waals surface area contributed by atoms with Crippen LogP contribution in [-0.4, -0.2) is 23.6 Å². The number of nitrogens with two attached hydrogens (primary N) is 1. The lowest BCUT2D eigenvalue weighted by atomic mass is 10.2. The number of nitrogen functional groups attached to an aromatic ring is 1. The second kappa shape index (κ2) is 5.65. The van der Waals surface area contributed by atoms with Gasteiger partial charge in [0, 0.05) is 6.07 Å². The van der Waals surface area contributed by atoms with Gasteiger partial charge < -0.3 is 10.3 Å². The number of nitrogens with zero attached hydrogens (tertiary/aromatic N) is 2. The van der Waals surface area contributed by atoms with Gasteiger partial charge in [0.25, 0.3) is 0 Å². The molecule has 14 heavy (non-hydrogen) atoms. The predicted molar refractivity (Wildman–Crippen MR) is 56.8 cm³/mol. The van der Waals surface area contributed by atoms with Crippen molar-refractivity contribution < 1.29 is 4.52 Å². The van der Waals surface area contributed by atoms with Crippen LogP contribution in [0.15, 0.2) is 10.6 Å². The van der Waals surface area contributed by atoms with Crippen molar-refractivity contribution in [1.29, 1.82) is 0 Å². The zero-order chi connectivity index (χ0) is 10.4. The molecule has 4 heteroatoms. The first kappa shape index (κ1) is 11.0. The van der Waals surface area contributed by atoms with E-state index in [1.54, 1.807) is 6.07 Å². The van der Waals surface area contributed by atoms with Crippen LogP contribution in [0.3, 0.4) is 0 Å². The van der Waals surface area contributed by atoms with Crippen LogP contribution >= 0.6 is 0 Å². The van der Waals surface area contributed by atoms with E-state index in [2.05, 4.69) is 24.0 Å². The summed E-state index contributed by atoms with van der Waals surface area (Å²) < 4.78 is 5.02. The van der Waals surface area contributed by atoms with Crippen molar-refractivity contribution in [3.8, 4) is 0 Å². The molecule has 0 saturated carbocycles. The summed E-state index contributed by atoms with van der Waals surface area (Å²) >= 11 is 0. The van der Waals surface area contributed by atoms with Gasteiger partial charge >= 0.3 is 0 Å². The van der Waals surface area contributed by atoms with Crippen LogP contribution in [0.2, 0.25) is 0 Å². The third-order valence-corrected chi connectivity index (χ3v) is 2.15. The quantitative estimate of drug-likeness (QED) is 0.707. The van der Waals surface area contributed by atoms with Gasteiger partial charge in [-0.05, 0) is 20.0 Å². The molecule has 0 atom stereocenters. The Morgan fingerprint density at radius 3 is 2.86 bits per heavy atom. The summed E-state index contributed by atoms with van der Waals surface area (Å²) in [4.78, 5) is 2.22. The lowest BCUT2D eigenvalue weighted by molar-refractivity contribution is 0.268. The molecule has 0 radical (unpaired) electrons. The molecular formula is C10H19N3O. The average Bonchev–Trinajstić information content (AvgIpc) is 2.52. The summed E-state index contributed by atoms with van der Waals surface area (Å²) in [5.41, 5.74) is 5.45. The lowest BCUT2D eigenvalue weighted by Gasteiger charge is -2.13. The van der Waals surface area contributed by atoms with Crippen molar-refractivity contribution in [2.45, 2.75) is 32.7 Å². The first-order valence-corrected chi connectivity index (χ1v) is 5.12. The second-order valence-corrected chi connectivity index (χ2v) is 3.66. The van der Waals surface area contributed by atoms with E-state index < -0.39 is 0 Å². The van der Waals surface area contributed by atoms with E-state index >= 15 is 0 Å². The van der Waals surface area contributed by atoms with Gasteiger partial charge in [0.05, 0.1) is 6.54 Å². The first-order valence-electron chi connectivity index (χ1n) is 5.12. The summed E-state index contributed by atoms with van der Waals surface area (Å²) in [6.07, 6.45) is 3.77. The molecule has 0 aromatic carbocycles. The Morgan fingerprint density at radius 2 is 2.29 bits per heavy atom. The average molecular weight is 197 g/mol. The van der Waals surface area contributed by atoms with Gasteiger partial charge in [-0.15, -0.1) is 0 Å². The molecule has 0 bridgehead atoms. The molecule has 0 spiro atoms. The molecule has 0 saturated heterocycles. The van der Waals surface area contributed by atoms with Crippen molar-refractivity contribution in [1.82, 2.24) is 10.1 Å². The Hall–Kier alpha value is -1.03. The fourth-order valence-corrected chi connectivity index (χ4v) is 1.38. The highest BCUT2D eigenvalue weighted by Crippen LogP contribution is 2.07. The molecule has 0 aliphatic heterocycles. The molecular weight excluding hydrogens is 178 g/mol. The van der Waals surface area contributed by atoms with E-state index in [1.165, 1.54) is 19.3 Å². The summed E-state index contributed by atoms with van der Waals surface area (Å²) in [7, 11) is 2.08. The van der Waals surface area contributed by atoms with Crippen molar-refractivity contribution >= 4 is 5.82 Å². The number of hydrogen-bond acceptors (Lipinski definition) is 4. The van der Waals surface area contributed by atoms with E-state index in [9.17, 15) is 0 Å². The SMILES string of the molecule is CCCCCN(C)Cc1cc(N)no1. The zero-order valence-electron chi connectivity index (χ0n) is 8.99. The van der Waals surface area contributed by atoms with Gasteiger partial charge in [-0.1, -0.05) is 24.9 Å². The molecule has 0 aliphatic rings. The first-order chi connectivity index (χ1) is 6.72. The summed E-state index contributed by atoms with van der Waals surface area (Å²) in [6, 6.07) is 1.77. The number of anilines is 1. The normalized spacial score (nSPS) is 11.1. The van der Waals surface area contributed by atoms with Crippen LogP contribution in [0.1, 0.15) is 31.9 Å². The molecule has 1 aromatic heterocycles. The van der Waals surface area contributed by atoms with Crippen molar-refractivity contribution in [2.24, 2.45) is 0 Å². The number of unbranched alkanes of at least 4 members (excludes halogenated alkanes) is 2. The van der Waals surface area contributed by atoms with Crippen LogP contribution in [0.25, 0.3) is 0 Å². The lowest BCUT2D eigenvalue weighted by Crippen LogP contribution is -2.18. The Labute approximate surface area is 85.1 Å². The highest BCUT2D eigenvalue weighted by Gasteiger charge is 2.04. The highest BCUT2D eigenvalue weighted by molar-refractivity contribution is 5.26. The molecule has 1 aromatic rings. The topological polar surface area (TPSA) is 55.3 Å². The maximum atomic E-state index is 5.45. The monoisotopic (exact) mass is 197 g/mol. The smallest absolute Gasteiger partial charge is 0.167 e. The molecule has 0 aliphatic carbocycles.